The van der Waals surface area contributed by atoms with Crippen molar-refractivity contribution in [3.8, 4) is 0 Å². The molecule has 1 atom stereocenters. The highest BCUT2D eigenvalue weighted by atomic mass is 35.5. The van der Waals surface area contributed by atoms with E-state index in [1.165, 1.54) is 5.56 Å². The number of nitrogens with one attached hydrogen (secondary N) is 2. The first-order valence-corrected chi connectivity index (χ1v) is 10.2. The van der Waals surface area contributed by atoms with Crippen molar-refractivity contribution >= 4 is 17.6 Å². The second-order valence-electron chi connectivity index (χ2n) is 7.04. The summed E-state index contributed by atoms with van der Waals surface area (Å²) >= 11 is 5.94. The maximum Gasteiger partial charge on any atom is 0.315 e. The van der Waals surface area contributed by atoms with Crippen LogP contribution in [-0.4, -0.2) is 37.2 Å². The number of morpholine rings is 1. The van der Waals surface area contributed by atoms with Gasteiger partial charge in [-0.3, -0.25) is 4.90 Å². The Morgan fingerprint density at radius 2 is 1.71 bits per heavy atom. The average molecular weight is 402 g/mol. The van der Waals surface area contributed by atoms with Gasteiger partial charge < -0.3 is 15.4 Å². The Morgan fingerprint density at radius 3 is 2.36 bits per heavy atom. The van der Waals surface area contributed by atoms with E-state index >= 15 is 0 Å². The van der Waals surface area contributed by atoms with E-state index in [-0.39, 0.29) is 12.1 Å². The Kier molecular flexibility index (Phi) is 7.71. The zero-order valence-electron chi connectivity index (χ0n) is 16.3. The molecule has 2 N–H and O–H groups in total. The van der Waals surface area contributed by atoms with E-state index in [1.54, 1.807) is 0 Å². The van der Waals surface area contributed by atoms with Crippen LogP contribution in [0.2, 0.25) is 5.02 Å². The molecule has 1 heterocycles. The van der Waals surface area contributed by atoms with Crippen molar-refractivity contribution in [3.05, 3.63) is 70.2 Å². The lowest BCUT2D eigenvalue weighted by atomic mass is 10.1. The van der Waals surface area contributed by atoms with Crippen molar-refractivity contribution in [1.82, 2.24) is 15.5 Å². The van der Waals surface area contributed by atoms with Gasteiger partial charge in [0.15, 0.2) is 0 Å². The molecule has 0 bridgehead atoms. The third-order valence-corrected chi connectivity index (χ3v) is 5.22. The molecule has 2 amide bonds. The minimum absolute atomic E-state index is 0.0341. The van der Waals surface area contributed by atoms with Crippen molar-refractivity contribution in [3.63, 3.8) is 0 Å². The lowest BCUT2D eigenvalue weighted by Crippen LogP contribution is -2.37. The fourth-order valence-electron chi connectivity index (χ4n) is 3.29. The average Bonchev–Trinajstić information content (AvgIpc) is 2.73. The van der Waals surface area contributed by atoms with Crippen LogP contribution >= 0.6 is 11.6 Å². The van der Waals surface area contributed by atoms with Gasteiger partial charge in [-0.2, -0.15) is 0 Å². The van der Waals surface area contributed by atoms with Crippen molar-refractivity contribution < 1.29 is 9.53 Å². The zero-order chi connectivity index (χ0) is 19.8. The predicted octanol–water partition coefficient (Wildman–Crippen LogP) is 4.12. The summed E-state index contributed by atoms with van der Waals surface area (Å²) in [6, 6.07) is 15.8. The smallest absolute Gasteiger partial charge is 0.315 e. The normalized spacial score (nSPS) is 15.8. The van der Waals surface area contributed by atoms with E-state index in [9.17, 15) is 4.79 Å². The highest BCUT2D eigenvalue weighted by molar-refractivity contribution is 6.30. The zero-order valence-corrected chi connectivity index (χ0v) is 17.0. The molecule has 5 nitrogen and oxygen atoms in total. The summed E-state index contributed by atoms with van der Waals surface area (Å²) < 4.78 is 5.39. The van der Waals surface area contributed by atoms with Gasteiger partial charge >= 0.3 is 6.03 Å². The Bertz CT molecular complexity index is 743. The molecule has 1 fully saturated rings. The number of rotatable bonds is 7. The van der Waals surface area contributed by atoms with Gasteiger partial charge in [0.1, 0.15) is 0 Å². The molecule has 2 aromatic rings. The topological polar surface area (TPSA) is 53.6 Å². The summed E-state index contributed by atoms with van der Waals surface area (Å²) in [6.45, 7) is 7.08. The first kappa shape index (κ1) is 20.6. The van der Waals surface area contributed by atoms with E-state index in [4.69, 9.17) is 16.3 Å². The number of urea groups is 1. The highest BCUT2D eigenvalue weighted by Gasteiger charge is 2.13. The Balaban J connectivity index is 1.46. The number of carbonyl (C=O) groups excluding carboxylic acids is 1. The molecule has 0 spiro atoms. The minimum Gasteiger partial charge on any atom is -0.379 e. The molecule has 2 aromatic carbocycles. The molecule has 0 unspecified atom stereocenters. The minimum atomic E-state index is -0.167. The molecule has 28 heavy (non-hydrogen) atoms. The predicted molar refractivity (Wildman–Crippen MR) is 112 cm³/mol. The molecule has 0 aliphatic carbocycles. The second-order valence-corrected chi connectivity index (χ2v) is 7.48. The van der Waals surface area contributed by atoms with Gasteiger partial charge in [-0.1, -0.05) is 54.9 Å². The number of hydrogen-bond acceptors (Lipinski definition) is 3. The summed E-state index contributed by atoms with van der Waals surface area (Å²) in [5.41, 5.74) is 3.42. The van der Waals surface area contributed by atoms with Crippen LogP contribution in [0, 0.1) is 0 Å². The van der Waals surface area contributed by atoms with Crippen molar-refractivity contribution in [2.24, 2.45) is 0 Å². The summed E-state index contributed by atoms with van der Waals surface area (Å²) in [7, 11) is 0. The first-order chi connectivity index (χ1) is 13.6. The third-order valence-electron chi connectivity index (χ3n) is 4.97. The van der Waals surface area contributed by atoms with E-state index in [2.05, 4.69) is 39.8 Å². The summed E-state index contributed by atoms with van der Waals surface area (Å²) in [5.74, 6) is 0. The molecule has 0 radical (unpaired) electrons. The highest BCUT2D eigenvalue weighted by Crippen LogP contribution is 2.19. The summed E-state index contributed by atoms with van der Waals surface area (Å²) in [6.07, 6.45) is 0.811. The SMILES string of the molecule is CC[C@H](NC(=O)NCc1ccc(CN2CCOCC2)cc1)c1ccc(Cl)cc1. The van der Waals surface area contributed by atoms with Gasteiger partial charge in [-0.05, 0) is 35.2 Å². The van der Waals surface area contributed by atoms with E-state index in [0.29, 0.717) is 11.6 Å². The van der Waals surface area contributed by atoms with Crippen LogP contribution in [-0.2, 0) is 17.8 Å². The third kappa shape index (κ3) is 6.23. The molecule has 0 saturated carbocycles. The monoisotopic (exact) mass is 401 g/mol. The quantitative estimate of drug-likeness (QED) is 0.733. The van der Waals surface area contributed by atoms with Crippen LogP contribution in [0.25, 0.3) is 0 Å². The van der Waals surface area contributed by atoms with Crippen molar-refractivity contribution in [2.75, 3.05) is 26.3 Å². The second kappa shape index (κ2) is 10.5. The van der Waals surface area contributed by atoms with E-state index < -0.39 is 0 Å². The van der Waals surface area contributed by atoms with Gasteiger partial charge in [-0.25, -0.2) is 4.79 Å². The lowest BCUT2D eigenvalue weighted by Gasteiger charge is -2.26. The van der Waals surface area contributed by atoms with Crippen LogP contribution in [0.5, 0.6) is 0 Å². The number of hydrogen-bond donors (Lipinski definition) is 2. The molecule has 150 valence electrons. The van der Waals surface area contributed by atoms with Crippen LogP contribution < -0.4 is 10.6 Å². The van der Waals surface area contributed by atoms with Gasteiger partial charge in [0.25, 0.3) is 0 Å². The number of carbonyl (C=O) groups is 1. The number of benzene rings is 2. The summed E-state index contributed by atoms with van der Waals surface area (Å²) in [4.78, 5) is 14.7. The molecule has 3 rings (SSSR count). The maximum atomic E-state index is 12.3. The van der Waals surface area contributed by atoms with E-state index in [0.717, 1.165) is 50.4 Å². The largest absolute Gasteiger partial charge is 0.379 e. The molecule has 1 aliphatic rings. The number of amides is 2. The number of halogens is 1. The van der Waals surface area contributed by atoms with Gasteiger partial charge in [0.2, 0.25) is 0 Å². The number of ether oxygens (including phenoxy) is 1. The molecule has 6 heteroatoms. The molecule has 1 saturated heterocycles. The van der Waals surface area contributed by atoms with Crippen LogP contribution in [0.3, 0.4) is 0 Å². The van der Waals surface area contributed by atoms with Gasteiger partial charge in [0.05, 0.1) is 19.3 Å². The Hall–Kier alpha value is -2.08. The molecular formula is C22H28ClN3O2. The Labute approximate surface area is 172 Å². The lowest BCUT2D eigenvalue weighted by molar-refractivity contribution is 0.0342. The van der Waals surface area contributed by atoms with Crippen LogP contribution in [0.4, 0.5) is 4.79 Å². The van der Waals surface area contributed by atoms with Gasteiger partial charge in [-0.15, -0.1) is 0 Å². The van der Waals surface area contributed by atoms with Crippen LogP contribution in [0.15, 0.2) is 48.5 Å². The van der Waals surface area contributed by atoms with Crippen molar-refractivity contribution in [1.29, 1.82) is 0 Å². The Morgan fingerprint density at radius 1 is 1.07 bits per heavy atom. The van der Waals surface area contributed by atoms with Crippen molar-refractivity contribution in [2.45, 2.75) is 32.5 Å². The van der Waals surface area contributed by atoms with Gasteiger partial charge in [0, 0.05) is 31.2 Å². The summed E-state index contributed by atoms with van der Waals surface area (Å²) in [5, 5.41) is 6.66. The maximum absolute atomic E-state index is 12.3. The fourth-order valence-corrected chi connectivity index (χ4v) is 3.41. The molecule has 1 aliphatic heterocycles. The van der Waals surface area contributed by atoms with Crippen LogP contribution in [0.1, 0.15) is 36.1 Å². The number of nitrogens with zero attached hydrogens (tertiary/aromatic N) is 1. The first-order valence-electron chi connectivity index (χ1n) is 9.82. The molecular weight excluding hydrogens is 374 g/mol. The molecule has 0 aromatic heterocycles. The van der Waals surface area contributed by atoms with E-state index in [1.807, 2.05) is 31.2 Å². The standard InChI is InChI=1S/C22H28ClN3O2/c1-2-21(19-7-9-20(23)10-8-19)25-22(27)24-15-17-3-5-18(6-4-17)16-26-11-13-28-14-12-26/h3-10,21H,2,11-16H2,1H3,(H2,24,25,27)/t21-/m0/s1. The fraction of sp³-hybridized carbons (Fsp3) is 0.409.